The quantitative estimate of drug-likeness (QED) is 0.757. The van der Waals surface area contributed by atoms with Crippen molar-refractivity contribution in [1.82, 2.24) is 5.32 Å². The van der Waals surface area contributed by atoms with Crippen LogP contribution in [0, 0.1) is 5.92 Å². The van der Waals surface area contributed by atoms with Crippen molar-refractivity contribution in [2.75, 3.05) is 18.4 Å². The summed E-state index contributed by atoms with van der Waals surface area (Å²) in [5.74, 6) is 0.730. The molecule has 0 aromatic carbocycles. The molecule has 2 unspecified atom stereocenters. The van der Waals surface area contributed by atoms with Gasteiger partial charge >= 0.3 is 0 Å². The lowest BCUT2D eigenvalue weighted by molar-refractivity contribution is 0.368. The van der Waals surface area contributed by atoms with Crippen molar-refractivity contribution < 1.29 is 0 Å². The molecule has 1 aromatic heterocycles. The van der Waals surface area contributed by atoms with Crippen LogP contribution in [0.4, 0.5) is 5.69 Å². The first-order chi connectivity index (χ1) is 6.36. The van der Waals surface area contributed by atoms with Crippen molar-refractivity contribution in [2.45, 2.75) is 19.4 Å². The highest BCUT2D eigenvalue weighted by Gasteiger charge is 2.20. The average Bonchev–Trinajstić information content (AvgIpc) is 2.61. The standard InChI is InChI=1S/C10H16N2S/c1-8-6-11-4-2-10(8)12-9-3-5-13-7-9/h3,5,7-8,10-12H,2,4,6H2,1H3. The maximum atomic E-state index is 3.58. The molecule has 1 fully saturated rings. The smallest absolute Gasteiger partial charge is 0.0451 e. The minimum atomic E-state index is 0.649. The lowest BCUT2D eigenvalue weighted by Gasteiger charge is -2.30. The van der Waals surface area contributed by atoms with Crippen LogP contribution in [0.5, 0.6) is 0 Å². The Balaban J connectivity index is 1.93. The monoisotopic (exact) mass is 196 g/mol. The highest BCUT2D eigenvalue weighted by atomic mass is 32.1. The van der Waals surface area contributed by atoms with Crippen LogP contribution in [-0.4, -0.2) is 19.1 Å². The first-order valence-corrected chi connectivity index (χ1v) is 5.80. The number of thiophene rings is 1. The van der Waals surface area contributed by atoms with E-state index in [1.54, 1.807) is 11.3 Å². The first kappa shape index (κ1) is 9.03. The molecule has 0 radical (unpaired) electrons. The number of nitrogens with one attached hydrogen (secondary N) is 2. The minimum Gasteiger partial charge on any atom is -0.381 e. The third kappa shape index (κ3) is 2.23. The lowest BCUT2D eigenvalue weighted by Crippen LogP contribution is -2.42. The number of hydrogen-bond donors (Lipinski definition) is 2. The minimum absolute atomic E-state index is 0.649. The Morgan fingerprint density at radius 1 is 1.62 bits per heavy atom. The van der Waals surface area contributed by atoms with E-state index in [2.05, 4.69) is 34.4 Å². The Kier molecular flexibility index (Phi) is 2.86. The van der Waals surface area contributed by atoms with Crippen LogP contribution in [0.2, 0.25) is 0 Å². The van der Waals surface area contributed by atoms with Crippen LogP contribution in [0.25, 0.3) is 0 Å². The highest BCUT2D eigenvalue weighted by molar-refractivity contribution is 7.08. The van der Waals surface area contributed by atoms with Gasteiger partial charge in [-0.15, -0.1) is 0 Å². The SMILES string of the molecule is CC1CNCCC1Nc1ccsc1. The number of rotatable bonds is 2. The summed E-state index contributed by atoms with van der Waals surface area (Å²) in [6, 6.07) is 2.80. The molecule has 13 heavy (non-hydrogen) atoms. The molecule has 0 saturated carbocycles. The molecule has 1 aromatic rings. The molecule has 2 atom stereocenters. The predicted molar refractivity (Wildman–Crippen MR) is 58.4 cm³/mol. The van der Waals surface area contributed by atoms with Gasteiger partial charge in [-0.05, 0) is 36.9 Å². The van der Waals surface area contributed by atoms with Crippen molar-refractivity contribution in [3.05, 3.63) is 16.8 Å². The molecule has 72 valence electrons. The zero-order chi connectivity index (χ0) is 9.10. The molecular formula is C10H16N2S. The predicted octanol–water partition coefficient (Wildman–Crippen LogP) is 2.16. The van der Waals surface area contributed by atoms with Gasteiger partial charge in [0.05, 0.1) is 0 Å². The van der Waals surface area contributed by atoms with Crippen LogP contribution in [0.15, 0.2) is 16.8 Å². The van der Waals surface area contributed by atoms with E-state index in [1.165, 1.54) is 12.1 Å². The van der Waals surface area contributed by atoms with Crippen LogP contribution in [0.1, 0.15) is 13.3 Å². The van der Waals surface area contributed by atoms with Crippen molar-refractivity contribution in [2.24, 2.45) is 5.92 Å². The molecule has 1 saturated heterocycles. The Bertz CT molecular complexity index is 245. The second kappa shape index (κ2) is 4.11. The number of anilines is 1. The fourth-order valence-electron chi connectivity index (χ4n) is 1.79. The van der Waals surface area contributed by atoms with Gasteiger partial charge in [0.25, 0.3) is 0 Å². The van der Waals surface area contributed by atoms with Crippen LogP contribution in [0.3, 0.4) is 0 Å². The van der Waals surface area contributed by atoms with E-state index in [-0.39, 0.29) is 0 Å². The summed E-state index contributed by atoms with van der Waals surface area (Å²) in [5, 5.41) is 11.3. The van der Waals surface area contributed by atoms with Gasteiger partial charge in [0.15, 0.2) is 0 Å². The summed E-state index contributed by atoms with van der Waals surface area (Å²) in [7, 11) is 0. The molecule has 1 aliphatic heterocycles. The van der Waals surface area contributed by atoms with Crippen LogP contribution >= 0.6 is 11.3 Å². The van der Waals surface area contributed by atoms with Gasteiger partial charge in [0.1, 0.15) is 0 Å². The van der Waals surface area contributed by atoms with Crippen LogP contribution < -0.4 is 10.6 Å². The van der Waals surface area contributed by atoms with E-state index in [0.717, 1.165) is 19.0 Å². The molecule has 0 aliphatic carbocycles. The molecule has 2 N–H and O–H groups in total. The highest BCUT2D eigenvalue weighted by Crippen LogP contribution is 2.19. The second-order valence-corrected chi connectivity index (χ2v) is 4.51. The maximum absolute atomic E-state index is 3.58. The average molecular weight is 196 g/mol. The number of hydrogen-bond acceptors (Lipinski definition) is 3. The summed E-state index contributed by atoms with van der Waals surface area (Å²) in [6.45, 7) is 4.59. The second-order valence-electron chi connectivity index (χ2n) is 3.73. The Morgan fingerprint density at radius 3 is 3.23 bits per heavy atom. The Hall–Kier alpha value is -0.540. The fourth-order valence-corrected chi connectivity index (χ4v) is 2.39. The molecule has 2 heterocycles. The molecule has 0 bridgehead atoms. The van der Waals surface area contributed by atoms with Gasteiger partial charge in [0, 0.05) is 17.1 Å². The fraction of sp³-hybridized carbons (Fsp3) is 0.600. The molecule has 0 spiro atoms. The zero-order valence-corrected chi connectivity index (χ0v) is 8.73. The third-order valence-corrected chi connectivity index (χ3v) is 3.34. The molecule has 2 nitrogen and oxygen atoms in total. The summed E-state index contributed by atoms with van der Waals surface area (Å²) in [4.78, 5) is 0. The van der Waals surface area contributed by atoms with Crippen molar-refractivity contribution >= 4 is 17.0 Å². The first-order valence-electron chi connectivity index (χ1n) is 4.86. The van der Waals surface area contributed by atoms with Gasteiger partial charge < -0.3 is 10.6 Å². The Labute approximate surface area is 83.4 Å². The van der Waals surface area contributed by atoms with E-state index < -0.39 is 0 Å². The largest absolute Gasteiger partial charge is 0.381 e. The number of piperidine rings is 1. The Morgan fingerprint density at radius 2 is 2.54 bits per heavy atom. The van der Waals surface area contributed by atoms with E-state index >= 15 is 0 Å². The van der Waals surface area contributed by atoms with Crippen molar-refractivity contribution in [3.8, 4) is 0 Å². The zero-order valence-electron chi connectivity index (χ0n) is 7.92. The van der Waals surface area contributed by atoms with Gasteiger partial charge in [-0.3, -0.25) is 0 Å². The van der Waals surface area contributed by atoms with Gasteiger partial charge in [0.2, 0.25) is 0 Å². The summed E-state index contributed by atoms with van der Waals surface area (Å²) in [6.07, 6.45) is 1.23. The van der Waals surface area contributed by atoms with Gasteiger partial charge in [-0.2, -0.15) is 11.3 Å². The van der Waals surface area contributed by atoms with Gasteiger partial charge in [-0.1, -0.05) is 6.92 Å². The third-order valence-electron chi connectivity index (χ3n) is 2.66. The lowest BCUT2D eigenvalue weighted by atomic mass is 9.95. The molecule has 0 amide bonds. The molecular weight excluding hydrogens is 180 g/mol. The van der Waals surface area contributed by atoms with E-state index in [1.807, 2.05) is 0 Å². The topological polar surface area (TPSA) is 24.1 Å². The van der Waals surface area contributed by atoms with Crippen molar-refractivity contribution in [3.63, 3.8) is 0 Å². The van der Waals surface area contributed by atoms with E-state index in [0.29, 0.717) is 6.04 Å². The van der Waals surface area contributed by atoms with Crippen molar-refractivity contribution in [1.29, 1.82) is 0 Å². The normalized spacial score (nSPS) is 28.7. The van der Waals surface area contributed by atoms with E-state index in [9.17, 15) is 0 Å². The summed E-state index contributed by atoms with van der Waals surface area (Å²) in [5.41, 5.74) is 1.28. The summed E-state index contributed by atoms with van der Waals surface area (Å²) >= 11 is 1.75. The summed E-state index contributed by atoms with van der Waals surface area (Å²) < 4.78 is 0. The molecule has 3 heteroatoms. The maximum Gasteiger partial charge on any atom is 0.0451 e. The van der Waals surface area contributed by atoms with Crippen LogP contribution in [-0.2, 0) is 0 Å². The molecule has 1 aliphatic rings. The molecule has 2 rings (SSSR count). The van der Waals surface area contributed by atoms with E-state index in [4.69, 9.17) is 0 Å². The van der Waals surface area contributed by atoms with Gasteiger partial charge in [-0.25, -0.2) is 0 Å².